The van der Waals surface area contributed by atoms with Gasteiger partial charge in [0.2, 0.25) is 0 Å². The van der Waals surface area contributed by atoms with Crippen molar-refractivity contribution in [1.82, 2.24) is 0 Å². The monoisotopic (exact) mass is 143 g/mol. The maximum Gasteiger partial charge on any atom is 0.198 e. The molecule has 0 aliphatic rings. The highest BCUT2D eigenvalue weighted by atomic mass is 35.5. The van der Waals surface area contributed by atoms with Crippen molar-refractivity contribution in [1.29, 1.82) is 0 Å². The van der Waals surface area contributed by atoms with E-state index < -0.39 is 0 Å². The fraction of sp³-hybridized carbons (Fsp3) is 0.571. The molecule has 2 heteroatoms. The molecule has 0 aromatic carbocycles. The Morgan fingerprint density at radius 3 is 2.44 bits per heavy atom. The lowest BCUT2D eigenvalue weighted by molar-refractivity contribution is 0.547. The number of hydrogen-bond donors (Lipinski definition) is 0. The standard InChI is InChI=1S/C7H8ClO/c8-6-4-2-1-3-5-7-9/h1-3,5H2. The molecule has 0 rings (SSSR count). The molecule has 0 aromatic heterocycles. The highest BCUT2D eigenvalue weighted by molar-refractivity contribution is 6.30. The molecule has 0 saturated heterocycles. The Morgan fingerprint density at radius 2 is 1.89 bits per heavy atom. The summed E-state index contributed by atoms with van der Waals surface area (Å²) in [5.74, 6) is 2.69. The molecule has 0 atom stereocenters. The third-order valence-electron chi connectivity index (χ3n) is 0.897. The van der Waals surface area contributed by atoms with Crippen LogP contribution < -0.4 is 0 Å². The van der Waals surface area contributed by atoms with E-state index in [0.717, 1.165) is 19.3 Å². The summed E-state index contributed by atoms with van der Waals surface area (Å²) in [5, 5.41) is 2.27. The van der Waals surface area contributed by atoms with Crippen LogP contribution in [-0.2, 0) is 4.79 Å². The van der Waals surface area contributed by atoms with E-state index in [2.05, 4.69) is 11.3 Å². The van der Waals surface area contributed by atoms with E-state index in [0.29, 0.717) is 6.42 Å². The molecule has 0 amide bonds. The van der Waals surface area contributed by atoms with Gasteiger partial charge >= 0.3 is 0 Å². The molecule has 9 heavy (non-hydrogen) atoms. The van der Waals surface area contributed by atoms with Gasteiger partial charge in [0, 0.05) is 18.2 Å². The zero-order valence-electron chi connectivity index (χ0n) is 5.11. The lowest BCUT2D eigenvalue weighted by Gasteiger charge is -1.85. The van der Waals surface area contributed by atoms with E-state index in [-0.39, 0.29) is 0 Å². The second-order valence-corrected chi connectivity index (χ2v) is 1.81. The zero-order valence-corrected chi connectivity index (χ0v) is 5.87. The van der Waals surface area contributed by atoms with E-state index >= 15 is 0 Å². The Balaban J connectivity index is 2.88. The van der Waals surface area contributed by atoms with Crippen molar-refractivity contribution in [3.8, 4) is 11.3 Å². The van der Waals surface area contributed by atoms with Crippen molar-refractivity contribution >= 4 is 17.9 Å². The van der Waals surface area contributed by atoms with Gasteiger partial charge in [-0.1, -0.05) is 5.92 Å². The highest BCUT2D eigenvalue weighted by Gasteiger charge is 1.83. The molecule has 0 saturated carbocycles. The minimum atomic E-state index is 0.518. The Hall–Kier alpha value is -0.480. The van der Waals surface area contributed by atoms with Crippen molar-refractivity contribution < 1.29 is 4.79 Å². The number of halogens is 1. The summed E-state index contributed by atoms with van der Waals surface area (Å²) in [6, 6.07) is 0. The molecule has 0 bridgehead atoms. The Labute approximate surface area is 60.4 Å². The molecule has 0 fully saturated rings. The lowest BCUT2D eigenvalue weighted by atomic mass is 10.2. The van der Waals surface area contributed by atoms with E-state index in [1.165, 1.54) is 0 Å². The van der Waals surface area contributed by atoms with Crippen LogP contribution in [0.5, 0.6) is 0 Å². The van der Waals surface area contributed by atoms with Gasteiger partial charge in [0.05, 0.1) is 0 Å². The maximum absolute atomic E-state index is 9.65. The predicted molar refractivity (Wildman–Crippen MR) is 37.8 cm³/mol. The average molecular weight is 144 g/mol. The van der Waals surface area contributed by atoms with E-state index in [4.69, 9.17) is 11.6 Å². The van der Waals surface area contributed by atoms with Gasteiger partial charge in [0.1, 0.15) is 0 Å². The Kier molecular flexibility index (Phi) is 7.12. The first-order valence-corrected chi connectivity index (χ1v) is 3.23. The molecule has 0 unspecified atom stereocenters. The van der Waals surface area contributed by atoms with Gasteiger partial charge in [-0.2, -0.15) is 0 Å². The third-order valence-corrected chi connectivity index (χ3v) is 1.03. The van der Waals surface area contributed by atoms with Gasteiger partial charge in [-0.25, -0.2) is 0 Å². The summed E-state index contributed by atoms with van der Waals surface area (Å²) in [4.78, 5) is 9.65. The SMILES string of the molecule is O=[C]CCCCC#CCl. The van der Waals surface area contributed by atoms with Crippen LogP contribution in [-0.4, -0.2) is 6.29 Å². The fourth-order valence-corrected chi connectivity index (χ4v) is 0.552. The maximum atomic E-state index is 9.65. The molecule has 0 spiro atoms. The first-order chi connectivity index (χ1) is 4.41. The minimum Gasteiger partial charge on any atom is -0.291 e. The Bertz CT molecular complexity index is 121. The summed E-state index contributed by atoms with van der Waals surface area (Å²) in [6.45, 7) is 0. The number of hydrogen-bond acceptors (Lipinski definition) is 1. The van der Waals surface area contributed by atoms with Crippen molar-refractivity contribution in [2.24, 2.45) is 0 Å². The van der Waals surface area contributed by atoms with Crippen LogP contribution in [0, 0.1) is 11.3 Å². The first-order valence-electron chi connectivity index (χ1n) is 2.85. The molecule has 0 aromatic rings. The molecule has 1 radical (unpaired) electrons. The van der Waals surface area contributed by atoms with Gasteiger partial charge in [0.25, 0.3) is 0 Å². The van der Waals surface area contributed by atoms with Crippen LogP contribution >= 0.6 is 11.6 Å². The van der Waals surface area contributed by atoms with Crippen LogP contribution in [0.15, 0.2) is 0 Å². The molecule has 0 N–H and O–H groups in total. The van der Waals surface area contributed by atoms with E-state index in [9.17, 15) is 4.79 Å². The molecule has 1 nitrogen and oxygen atoms in total. The van der Waals surface area contributed by atoms with Crippen LogP contribution in [0.4, 0.5) is 0 Å². The second-order valence-electron chi connectivity index (χ2n) is 1.62. The number of unbranched alkanes of at least 4 members (excludes halogenated alkanes) is 3. The van der Waals surface area contributed by atoms with E-state index in [1.807, 2.05) is 6.29 Å². The smallest absolute Gasteiger partial charge is 0.198 e. The molecule has 0 heterocycles. The molecule has 0 aliphatic carbocycles. The number of rotatable bonds is 4. The summed E-state index contributed by atoms with van der Waals surface area (Å²) in [6.07, 6.45) is 4.92. The summed E-state index contributed by atoms with van der Waals surface area (Å²) >= 11 is 5.08. The van der Waals surface area contributed by atoms with Crippen molar-refractivity contribution in [3.05, 3.63) is 0 Å². The molecule has 49 valence electrons. The fourth-order valence-electron chi connectivity index (χ4n) is 0.458. The lowest BCUT2D eigenvalue weighted by Crippen LogP contribution is -1.75. The van der Waals surface area contributed by atoms with Crippen molar-refractivity contribution in [2.45, 2.75) is 25.7 Å². The van der Waals surface area contributed by atoms with Crippen LogP contribution in [0.25, 0.3) is 0 Å². The average Bonchev–Trinajstić information content (AvgIpc) is 1.89. The first kappa shape index (κ1) is 8.52. The highest BCUT2D eigenvalue weighted by Crippen LogP contribution is 1.95. The van der Waals surface area contributed by atoms with Crippen LogP contribution in [0.3, 0.4) is 0 Å². The summed E-state index contributed by atoms with van der Waals surface area (Å²) in [5.41, 5.74) is 0. The summed E-state index contributed by atoms with van der Waals surface area (Å²) < 4.78 is 0. The third kappa shape index (κ3) is 7.52. The van der Waals surface area contributed by atoms with Gasteiger partial charge in [-0.05, 0) is 24.4 Å². The van der Waals surface area contributed by atoms with Crippen molar-refractivity contribution in [2.75, 3.05) is 0 Å². The normalized spacial score (nSPS) is 7.67. The minimum absolute atomic E-state index is 0.518. The van der Waals surface area contributed by atoms with Crippen LogP contribution in [0.1, 0.15) is 25.7 Å². The van der Waals surface area contributed by atoms with Gasteiger partial charge in [-0.3, -0.25) is 4.79 Å². The largest absolute Gasteiger partial charge is 0.291 e. The van der Waals surface area contributed by atoms with Gasteiger partial charge in [-0.15, -0.1) is 0 Å². The van der Waals surface area contributed by atoms with Crippen LogP contribution in [0.2, 0.25) is 0 Å². The quantitative estimate of drug-likeness (QED) is 0.434. The molecule has 0 aliphatic heterocycles. The predicted octanol–water partition coefficient (Wildman–Crippen LogP) is 1.86. The van der Waals surface area contributed by atoms with Gasteiger partial charge < -0.3 is 0 Å². The summed E-state index contributed by atoms with van der Waals surface area (Å²) in [7, 11) is 0. The second kappa shape index (κ2) is 7.52. The Morgan fingerprint density at radius 1 is 1.22 bits per heavy atom. The van der Waals surface area contributed by atoms with E-state index in [1.54, 1.807) is 0 Å². The number of carbonyl (C=O) groups excluding carboxylic acids is 1. The van der Waals surface area contributed by atoms with Gasteiger partial charge in [0.15, 0.2) is 6.29 Å². The van der Waals surface area contributed by atoms with Crippen molar-refractivity contribution in [3.63, 3.8) is 0 Å². The zero-order chi connectivity index (χ0) is 6.95. The topological polar surface area (TPSA) is 17.1 Å². The molecular formula is C7H8ClO. The molecular weight excluding hydrogens is 136 g/mol.